The molecule has 0 spiro atoms. The molecule has 0 amide bonds. The zero-order valence-corrected chi connectivity index (χ0v) is 15.5. The Balaban J connectivity index is 1.71. The van der Waals surface area contributed by atoms with Gasteiger partial charge in [-0.2, -0.15) is 0 Å². The van der Waals surface area contributed by atoms with E-state index < -0.39 is 0 Å². The van der Waals surface area contributed by atoms with Crippen LogP contribution in [0.2, 0.25) is 0 Å². The minimum atomic E-state index is 0.169. The molecule has 2 heteroatoms. The first-order chi connectivity index (χ1) is 10.3. The number of hydrogen-bond donors (Lipinski definition) is 0. The molecule has 0 bridgehead atoms. The summed E-state index contributed by atoms with van der Waals surface area (Å²) in [4.78, 5) is 0. The number of hydrogen-bond acceptors (Lipinski definition) is 0. The molecule has 0 aromatic heterocycles. The molecule has 0 aliphatic carbocycles. The number of rotatable bonds is 5. The van der Waals surface area contributed by atoms with E-state index in [0.717, 1.165) is 11.8 Å². The summed E-state index contributed by atoms with van der Waals surface area (Å²) in [5.41, 5.74) is 0. The molecule has 4 atom stereocenters. The summed E-state index contributed by atoms with van der Waals surface area (Å²) >= 11 is 0. The van der Waals surface area contributed by atoms with Crippen LogP contribution in [0.15, 0.2) is 24.3 Å². The van der Waals surface area contributed by atoms with Gasteiger partial charge in [0.2, 0.25) is 0 Å². The highest BCUT2D eigenvalue weighted by molar-refractivity contribution is 7.72. The van der Waals surface area contributed by atoms with E-state index in [1.165, 1.54) is 56.8 Å². The van der Waals surface area contributed by atoms with Crippen LogP contribution in [0.4, 0.5) is 0 Å². The van der Waals surface area contributed by atoms with Crippen LogP contribution in [0.1, 0.15) is 46.0 Å². The molecular weight excluding hydrogens is 290 g/mol. The third kappa shape index (κ3) is 3.89. The Kier molecular flexibility index (Phi) is 5.75. The lowest BCUT2D eigenvalue weighted by atomic mass is 10.0. The quantitative estimate of drug-likeness (QED) is 0.658. The molecule has 2 heterocycles. The van der Waals surface area contributed by atoms with Crippen molar-refractivity contribution in [3.05, 3.63) is 24.3 Å². The zero-order valence-electron chi connectivity index (χ0n) is 13.7. The SMILES string of the molecule is CCCCC1CCP(c2ccccc2P2CCC(C)C2)C1. The van der Waals surface area contributed by atoms with Gasteiger partial charge in [0.25, 0.3) is 0 Å². The maximum Gasteiger partial charge on any atom is -0.0164 e. The van der Waals surface area contributed by atoms with Crippen molar-refractivity contribution in [1.29, 1.82) is 0 Å². The highest BCUT2D eigenvalue weighted by Gasteiger charge is 2.30. The van der Waals surface area contributed by atoms with Crippen molar-refractivity contribution in [1.82, 2.24) is 0 Å². The number of unbranched alkanes of at least 4 members (excludes halogenated alkanes) is 1. The van der Waals surface area contributed by atoms with Gasteiger partial charge in [-0.25, -0.2) is 0 Å². The molecule has 3 rings (SSSR count). The average Bonchev–Trinajstić information content (AvgIpc) is 3.14. The molecule has 2 saturated heterocycles. The number of benzene rings is 1. The van der Waals surface area contributed by atoms with Gasteiger partial charge in [0, 0.05) is 0 Å². The smallest absolute Gasteiger partial charge is 0.0164 e. The van der Waals surface area contributed by atoms with Crippen LogP contribution in [-0.2, 0) is 0 Å². The van der Waals surface area contributed by atoms with E-state index in [1.54, 1.807) is 5.30 Å². The summed E-state index contributed by atoms with van der Waals surface area (Å²) in [6.45, 7) is 4.78. The fourth-order valence-corrected chi connectivity index (χ4v) is 10.8. The summed E-state index contributed by atoms with van der Waals surface area (Å²) in [5.74, 6) is 2.01. The van der Waals surface area contributed by atoms with Crippen LogP contribution in [0.5, 0.6) is 0 Å². The van der Waals surface area contributed by atoms with Crippen LogP contribution < -0.4 is 10.6 Å². The summed E-state index contributed by atoms with van der Waals surface area (Å²) in [7, 11) is 0.343. The minimum Gasteiger partial charge on any atom is -0.0743 e. The molecule has 21 heavy (non-hydrogen) atoms. The molecule has 0 radical (unpaired) electrons. The monoisotopic (exact) mass is 320 g/mol. The second kappa shape index (κ2) is 7.57. The lowest BCUT2D eigenvalue weighted by Crippen LogP contribution is -2.23. The molecule has 4 unspecified atom stereocenters. The van der Waals surface area contributed by atoms with Crippen LogP contribution in [0.25, 0.3) is 0 Å². The summed E-state index contributed by atoms with van der Waals surface area (Å²) in [6, 6.07) is 9.58. The van der Waals surface area contributed by atoms with Crippen molar-refractivity contribution in [3.8, 4) is 0 Å². The summed E-state index contributed by atoms with van der Waals surface area (Å²) in [5, 5.41) is 3.62. The molecule has 0 N–H and O–H groups in total. The van der Waals surface area contributed by atoms with Gasteiger partial charge in [0.15, 0.2) is 0 Å². The molecule has 1 aromatic rings. The normalized spacial score (nSPS) is 32.7. The van der Waals surface area contributed by atoms with E-state index in [1.807, 2.05) is 5.30 Å². The Bertz CT molecular complexity index is 457. The van der Waals surface area contributed by atoms with Crippen LogP contribution in [0.3, 0.4) is 0 Å². The van der Waals surface area contributed by atoms with Crippen LogP contribution >= 0.6 is 15.8 Å². The Morgan fingerprint density at radius 2 is 1.67 bits per heavy atom. The fourth-order valence-electron chi connectivity index (χ4n) is 3.93. The predicted octanol–water partition coefficient (Wildman–Crippen LogP) is 5.15. The van der Waals surface area contributed by atoms with Gasteiger partial charge >= 0.3 is 0 Å². The minimum absolute atomic E-state index is 0.169. The first-order valence-electron chi connectivity index (χ1n) is 8.87. The van der Waals surface area contributed by atoms with Crippen molar-refractivity contribution in [2.24, 2.45) is 11.8 Å². The van der Waals surface area contributed by atoms with E-state index in [0.29, 0.717) is 0 Å². The van der Waals surface area contributed by atoms with Crippen molar-refractivity contribution in [2.45, 2.75) is 46.0 Å². The van der Waals surface area contributed by atoms with E-state index >= 15 is 0 Å². The first kappa shape index (κ1) is 16.0. The van der Waals surface area contributed by atoms with E-state index in [2.05, 4.69) is 38.1 Å². The van der Waals surface area contributed by atoms with Gasteiger partial charge < -0.3 is 0 Å². The second-order valence-corrected chi connectivity index (χ2v) is 11.8. The van der Waals surface area contributed by atoms with E-state index in [4.69, 9.17) is 0 Å². The summed E-state index contributed by atoms with van der Waals surface area (Å²) in [6.07, 6.45) is 13.3. The Hall–Kier alpha value is 0.0800. The van der Waals surface area contributed by atoms with Crippen molar-refractivity contribution < 1.29 is 0 Å². The van der Waals surface area contributed by atoms with Gasteiger partial charge in [-0.1, -0.05) is 73.2 Å². The lowest BCUT2D eigenvalue weighted by Gasteiger charge is -2.21. The van der Waals surface area contributed by atoms with E-state index in [9.17, 15) is 0 Å². The maximum absolute atomic E-state index is 2.49. The third-order valence-electron chi connectivity index (χ3n) is 5.24. The highest BCUT2D eigenvalue weighted by atomic mass is 31.1. The zero-order chi connectivity index (χ0) is 14.7. The van der Waals surface area contributed by atoms with Gasteiger partial charge in [-0.3, -0.25) is 0 Å². The largest absolute Gasteiger partial charge is 0.0743 e. The van der Waals surface area contributed by atoms with Crippen molar-refractivity contribution in [3.63, 3.8) is 0 Å². The molecule has 2 aliphatic rings. The third-order valence-corrected chi connectivity index (χ3v) is 11.2. The average molecular weight is 320 g/mol. The highest BCUT2D eigenvalue weighted by Crippen LogP contribution is 2.50. The van der Waals surface area contributed by atoms with Gasteiger partial charge in [0.1, 0.15) is 0 Å². The maximum atomic E-state index is 2.49. The van der Waals surface area contributed by atoms with Gasteiger partial charge in [-0.15, -0.1) is 0 Å². The Labute approximate surface area is 133 Å². The second-order valence-electron chi connectivity index (χ2n) is 7.07. The van der Waals surface area contributed by atoms with E-state index in [-0.39, 0.29) is 15.8 Å². The standard InChI is InChI=1S/C19H30P2/c1-3-4-7-17-11-13-21(15-17)19-9-6-5-8-18(19)20-12-10-16(2)14-20/h5-6,8-9,16-17H,3-4,7,10-15H2,1-2H3. The van der Waals surface area contributed by atoms with Crippen molar-refractivity contribution >= 4 is 26.5 Å². The van der Waals surface area contributed by atoms with Gasteiger partial charge in [0.05, 0.1) is 0 Å². The first-order valence-corrected chi connectivity index (χ1v) is 12.3. The Morgan fingerprint density at radius 3 is 2.29 bits per heavy atom. The van der Waals surface area contributed by atoms with Crippen LogP contribution in [0, 0.1) is 11.8 Å². The predicted molar refractivity (Wildman–Crippen MR) is 100 cm³/mol. The molecule has 1 aromatic carbocycles. The molecule has 2 fully saturated rings. The molecular formula is C19H30P2. The Morgan fingerprint density at radius 1 is 1.00 bits per heavy atom. The fraction of sp³-hybridized carbons (Fsp3) is 0.684. The topological polar surface area (TPSA) is 0 Å². The molecule has 0 nitrogen and oxygen atoms in total. The van der Waals surface area contributed by atoms with Crippen molar-refractivity contribution in [2.75, 3.05) is 24.6 Å². The van der Waals surface area contributed by atoms with Gasteiger partial charge in [-0.05, 0) is 59.9 Å². The lowest BCUT2D eigenvalue weighted by molar-refractivity contribution is 0.517. The molecule has 116 valence electrons. The molecule has 0 saturated carbocycles. The molecule has 2 aliphatic heterocycles. The van der Waals surface area contributed by atoms with Crippen LogP contribution in [-0.4, -0.2) is 24.6 Å². The summed E-state index contributed by atoms with van der Waals surface area (Å²) < 4.78 is 0.